The van der Waals surface area contributed by atoms with Gasteiger partial charge in [-0.1, -0.05) is 30.3 Å². The van der Waals surface area contributed by atoms with E-state index in [1.807, 2.05) is 30.3 Å². The van der Waals surface area contributed by atoms with E-state index in [1.54, 1.807) is 4.68 Å². The molecule has 0 saturated heterocycles. The van der Waals surface area contributed by atoms with E-state index >= 15 is 0 Å². The molecule has 0 unspecified atom stereocenters. The van der Waals surface area contributed by atoms with Crippen molar-refractivity contribution in [3.8, 4) is 6.07 Å². The fraction of sp³-hybridized carbons (Fsp3) is 0.412. The number of aromatic nitrogens is 3. The van der Waals surface area contributed by atoms with Gasteiger partial charge in [0.25, 0.3) is 0 Å². The van der Waals surface area contributed by atoms with Crippen LogP contribution in [0.4, 0.5) is 4.39 Å². The third-order valence-corrected chi connectivity index (χ3v) is 4.59. The van der Waals surface area contributed by atoms with Gasteiger partial charge in [0, 0.05) is 12.3 Å². The number of fused-ring (bicyclic) bond motifs is 1. The molecule has 5 nitrogen and oxygen atoms in total. The molecule has 0 bridgehead atoms. The lowest BCUT2D eigenvalue weighted by atomic mass is 10.0. The number of hydrogen-bond donors (Lipinski definition) is 0. The van der Waals surface area contributed by atoms with Crippen LogP contribution in [0.3, 0.4) is 0 Å². The van der Waals surface area contributed by atoms with Crippen molar-refractivity contribution < 1.29 is 9.18 Å². The molecule has 1 saturated carbocycles. The topological polar surface area (TPSA) is 71.6 Å². The number of nitrogens with zero attached hydrogens (tertiary/aromatic N) is 4. The summed E-state index contributed by atoms with van der Waals surface area (Å²) >= 11 is 0. The van der Waals surface area contributed by atoms with Gasteiger partial charge in [0.1, 0.15) is 5.78 Å². The van der Waals surface area contributed by atoms with Crippen LogP contribution in [0.5, 0.6) is 0 Å². The van der Waals surface area contributed by atoms with E-state index in [2.05, 4.69) is 16.2 Å². The maximum absolute atomic E-state index is 14.2. The van der Waals surface area contributed by atoms with Gasteiger partial charge in [-0.15, -0.1) is 0 Å². The standard InChI is InChI=1S/C17H15FN4O/c18-13-7-14(10-4-2-1-3-5-10)22-17(13)20-16(21-22)8-15(23)12-6-11(12)9-19/h1-5,11-14H,6-8H2/t11-,12+,13-,14-/m0/s1. The van der Waals surface area contributed by atoms with Crippen molar-refractivity contribution >= 4 is 5.78 Å². The Bertz CT molecular complexity index is 795. The van der Waals surface area contributed by atoms with Crippen molar-refractivity contribution in [3.63, 3.8) is 0 Å². The first-order valence-electron chi connectivity index (χ1n) is 7.74. The monoisotopic (exact) mass is 310 g/mol. The van der Waals surface area contributed by atoms with Gasteiger partial charge in [-0.05, 0) is 12.0 Å². The van der Waals surface area contributed by atoms with Gasteiger partial charge in [0.2, 0.25) is 0 Å². The Morgan fingerprint density at radius 3 is 2.83 bits per heavy atom. The Balaban J connectivity index is 1.56. The molecule has 116 valence electrons. The van der Waals surface area contributed by atoms with Crippen molar-refractivity contribution in [1.29, 1.82) is 5.26 Å². The highest BCUT2D eigenvalue weighted by Crippen LogP contribution is 2.41. The number of hydrogen-bond acceptors (Lipinski definition) is 4. The highest BCUT2D eigenvalue weighted by atomic mass is 19.1. The Morgan fingerprint density at radius 2 is 2.13 bits per heavy atom. The summed E-state index contributed by atoms with van der Waals surface area (Å²) in [6.45, 7) is 0. The molecule has 1 aromatic carbocycles. The first kappa shape index (κ1) is 14.1. The smallest absolute Gasteiger partial charge is 0.162 e. The average molecular weight is 310 g/mol. The molecule has 0 spiro atoms. The minimum Gasteiger partial charge on any atom is -0.299 e. The van der Waals surface area contributed by atoms with Crippen LogP contribution in [0.2, 0.25) is 0 Å². The second kappa shape index (κ2) is 5.27. The number of carbonyl (C=O) groups is 1. The van der Waals surface area contributed by atoms with Crippen molar-refractivity contribution in [2.75, 3.05) is 0 Å². The van der Waals surface area contributed by atoms with Crippen molar-refractivity contribution in [2.24, 2.45) is 11.8 Å². The van der Waals surface area contributed by atoms with Gasteiger partial charge < -0.3 is 0 Å². The minimum absolute atomic E-state index is 0.0208. The molecule has 6 heteroatoms. The summed E-state index contributed by atoms with van der Waals surface area (Å²) in [5.41, 5.74) is 0.989. The number of benzene rings is 1. The van der Waals surface area contributed by atoms with E-state index in [4.69, 9.17) is 5.26 Å². The minimum atomic E-state index is -1.16. The zero-order valence-corrected chi connectivity index (χ0v) is 12.4. The number of alkyl halides is 1. The molecule has 23 heavy (non-hydrogen) atoms. The van der Waals surface area contributed by atoms with Gasteiger partial charge in [0.15, 0.2) is 17.8 Å². The average Bonchev–Trinajstić information content (AvgIpc) is 3.16. The zero-order valence-electron chi connectivity index (χ0n) is 12.4. The molecule has 0 amide bonds. The normalized spacial score (nSPS) is 28.2. The summed E-state index contributed by atoms with van der Waals surface area (Å²) in [7, 11) is 0. The van der Waals surface area contributed by atoms with Crippen LogP contribution in [0.15, 0.2) is 30.3 Å². The fourth-order valence-corrected chi connectivity index (χ4v) is 3.23. The molecule has 0 N–H and O–H groups in total. The number of halogens is 1. The van der Waals surface area contributed by atoms with Crippen molar-refractivity contribution in [1.82, 2.24) is 14.8 Å². The molecule has 1 fully saturated rings. The van der Waals surface area contributed by atoms with E-state index in [-0.39, 0.29) is 30.1 Å². The molecule has 4 atom stereocenters. The van der Waals surface area contributed by atoms with E-state index in [0.717, 1.165) is 5.56 Å². The molecule has 1 aromatic heterocycles. The summed E-state index contributed by atoms with van der Waals surface area (Å²) in [4.78, 5) is 16.3. The van der Waals surface area contributed by atoms with Gasteiger partial charge in [0.05, 0.1) is 24.4 Å². The Kier molecular flexibility index (Phi) is 3.22. The maximum atomic E-state index is 14.2. The molecular weight excluding hydrogens is 295 g/mol. The number of nitriles is 1. The zero-order chi connectivity index (χ0) is 16.0. The van der Waals surface area contributed by atoms with E-state index in [1.165, 1.54) is 0 Å². The van der Waals surface area contributed by atoms with Gasteiger partial charge >= 0.3 is 0 Å². The van der Waals surface area contributed by atoms with Crippen LogP contribution in [-0.4, -0.2) is 20.5 Å². The van der Waals surface area contributed by atoms with Crippen LogP contribution in [0.1, 0.15) is 42.3 Å². The van der Waals surface area contributed by atoms with Crippen LogP contribution < -0.4 is 0 Å². The molecule has 2 aliphatic rings. The number of carbonyl (C=O) groups excluding carboxylic acids is 1. The van der Waals surface area contributed by atoms with Crippen LogP contribution in [0, 0.1) is 23.2 Å². The maximum Gasteiger partial charge on any atom is 0.162 e. The van der Waals surface area contributed by atoms with E-state index in [9.17, 15) is 9.18 Å². The van der Waals surface area contributed by atoms with Crippen LogP contribution in [-0.2, 0) is 11.2 Å². The Hall–Kier alpha value is -2.55. The largest absolute Gasteiger partial charge is 0.299 e. The first-order valence-corrected chi connectivity index (χ1v) is 7.74. The first-order chi connectivity index (χ1) is 11.2. The molecule has 2 aromatic rings. The lowest BCUT2D eigenvalue weighted by Crippen LogP contribution is -2.11. The van der Waals surface area contributed by atoms with Crippen LogP contribution in [0.25, 0.3) is 0 Å². The van der Waals surface area contributed by atoms with Crippen molar-refractivity contribution in [2.45, 2.75) is 31.5 Å². The van der Waals surface area contributed by atoms with E-state index in [0.29, 0.717) is 24.5 Å². The Labute approximate surface area is 132 Å². The Morgan fingerprint density at radius 1 is 1.35 bits per heavy atom. The summed E-state index contributed by atoms with van der Waals surface area (Å²) in [6, 6.07) is 11.6. The van der Waals surface area contributed by atoms with Gasteiger partial charge in [-0.25, -0.2) is 14.1 Å². The summed E-state index contributed by atoms with van der Waals surface area (Å²) in [6.07, 6.45) is -0.130. The number of Topliss-reactive ketones (excluding diaryl/α,β-unsaturated/α-hetero) is 1. The summed E-state index contributed by atoms with van der Waals surface area (Å²) < 4.78 is 15.8. The second-order valence-electron chi connectivity index (χ2n) is 6.18. The number of rotatable bonds is 4. The summed E-state index contributed by atoms with van der Waals surface area (Å²) in [5, 5.41) is 13.2. The molecule has 4 rings (SSSR count). The molecule has 2 heterocycles. The quantitative estimate of drug-likeness (QED) is 0.870. The lowest BCUT2D eigenvalue weighted by molar-refractivity contribution is -0.119. The molecule has 1 aliphatic heterocycles. The van der Waals surface area contributed by atoms with Crippen LogP contribution >= 0.6 is 0 Å². The second-order valence-corrected chi connectivity index (χ2v) is 6.18. The predicted octanol–water partition coefficient (Wildman–Crippen LogP) is 2.55. The third kappa shape index (κ3) is 2.42. The predicted molar refractivity (Wildman–Crippen MR) is 79.0 cm³/mol. The summed E-state index contributed by atoms with van der Waals surface area (Å²) in [5.74, 6) is 0.283. The molecule has 1 aliphatic carbocycles. The molecular formula is C17H15FN4O. The van der Waals surface area contributed by atoms with Crippen molar-refractivity contribution in [3.05, 3.63) is 47.5 Å². The SMILES string of the molecule is N#C[C@@H]1C[C@H]1C(=O)Cc1nc2n(n1)[C@H](c1ccccc1)C[C@@H]2F. The van der Waals surface area contributed by atoms with E-state index < -0.39 is 6.17 Å². The highest BCUT2D eigenvalue weighted by Gasteiger charge is 2.43. The lowest BCUT2D eigenvalue weighted by Gasteiger charge is -2.11. The van der Waals surface area contributed by atoms with Gasteiger partial charge in [-0.2, -0.15) is 10.4 Å². The molecule has 0 radical (unpaired) electrons. The third-order valence-electron chi connectivity index (χ3n) is 4.59. The highest BCUT2D eigenvalue weighted by molar-refractivity contribution is 5.85. The number of ketones is 1. The fourth-order valence-electron chi connectivity index (χ4n) is 3.23. The van der Waals surface area contributed by atoms with Gasteiger partial charge in [-0.3, -0.25) is 4.79 Å².